The topological polar surface area (TPSA) is 51.0 Å². The molecule has 31 heavy (non-hydrogen) atoms. The highest BCUT2D eigenvalue weighted by Gasteiger charge is 2.23. The van der Waals surface area contributed by atoms with Crippen molar-refractivity contribution in [3.05, 3.63) is 103 Å². The van der Waals surface area contributed by atoms with E-state index in [9.17, 15) is 0 Å². The number of rotatable bonds is 6. The van der Waals surface area contributed by atoms with Crippen LogP contribution in [0.4, 0.5) is 5.82 Å². The summed E-state index contributed by atoms with van der Waals surface area (Å²) < 4.78 is 6.31. The van der Waals surface area contributed by atoms with E-state index in [1.165, 1.54) is 5.56 Å². The van der Waals surface area contributed by atoms with Gasteiger partial charge < -0.3 is 9.73 Å². The van der Waals surface area contributed by atoms with E-state index >= 15 is 0 Å². The number of fused-ring (bicyclic) bond motifs is 1. The van der Waals surface area contributed by atoms with Crippen molar-refractivity contribution in [1.29, 1.82) is 0 Å². The van der Waals surface area contributed by atoms with Gasteiger partial charge in [0.25, 0.3) is 0 Å². The fraction of sp³-hybridized carbons (Fsp3) is 0.111. The number of aromatic nitrogens is 2. The summed E-state index contributed by atoms with van der Waals surface area (Å²) >= 11 is 0. The zero-order valence-electron chi connectivity index (χ0n) is 17.3. The fourth-order valence-corrected chi connectivity index (χ4v) is 3.99. The molecule has 4 heteroatoms. The highest BCUT2D eigenvalue weighted by atomic mass is 16.3. The third-order valence-electron chi connectivity index (χ3n) is 5.51. The molecule has 1 N–H and O–H groups in total. The smallest absolute Gasteiger partial charge is 0.232 e. The van der Waals surface area contributed by atoms with Crippen molar-refractivity contribution >= 4 is 16.9 Å². The Hall–Kier alpha value is -3.92. The summed E-state index contributed by atoms with van der Waals surface area (Å²) in [5.74, 6) is 1.59. The molecule has 1 atom stereocenters. The second-order valence-electron chi connectivity index (χ2n) is 7.46. The predicted octanol–water partition coefficient (Wildman–Crippen LogP) is 7.12. The molecule has 2 heterocycles. The number of hydrogen-bond donors (Lipinski definition) is 1. The molecule has 5 rings (SSSR count). The quantitative estimate of drug-likeness (QED) is 0.327. The molecule has 0 unspecified atom stereocenters. The second kappa shape index (κ2) is 8.44. The van der Waals surface area contributed by atoms with Crippen LogP contribution in [0, 0.1) is 0 Å². The third-order valence-corrected chi connectivity index (χ3v) is 5.51. The molecule has 0 saturated heterocycles. The van der Waals surface area contributed by atoms with Gasteiger partial charge in [-0.15, -0.1) is 0 Å². The number of hydrogen-bond acceptors (Lipinski definition) is 4. The van der Waals surface area contributed by atoms with Gasteiger partial charge in [0.2, 0.25) is 5.71 Å². The first kappa shape index (κ1) is 19.1. The minimum absolute atomic E-state index is 0.137. The van der Waals surface area contributed by atoms with Crippen molar-refractivity contribution < 1.29 is 4.42 Å². The first-order chi connectivity index (χ1) is 15.3. The summed E-state index contributed by atoms with van der Waals surface area (Å²) in [7, 11) is 0. The van der Waals surface area contributed by atoms with Crippen LogP contribution < -0.4 is 5.32 Å². The van der Waals surface area contributed by atoms with Crippen molar-refractivity contribution in [3.63, 3.8) is 0 Å². The van der Waals surface area contributed by atoms with Gasteiger partial charge in [0.05, 0.1) is 11.4 Å². The Morgan fingerprint density at radius 3 is 2.03 bits per heavy atom. The molecule has 0 aliphatic carbocycles. The average molecular weight is 406 g/mol. The Morgan fingerprint density at radius 2 is 1.39 bits per heavy atom. The van der Waals surface area contributed by atoms with E-state index in [4.69, 9.17) is 4.42 Å². The van der Waals surface area contributed by atoms with Crippen LogP contribution in [0.1, 0.15) is 24.9 Å². The van der Waals surface area contributed by atoms with Gasteiger partial charge >= 0.3 is 0 Å². The zero-order valence-corrected chi connectivity index (χ0v) is 17.3. The Morgan fingerprint density at radius 1 is 0.774 bits per heavy atom. The number of furan rings is 1. The van der Waals surface area contributed by atoms with Crippen molar-refractivity contribution in [2.45, 2.75) is 19.4 Å². The molecule has 0 spiro atoms. The van der Waals surface area contributed by atoms with E-state index in [0.717, 1.165) is 40.1 Å². The second-order valence-corrected chi connectivity index (χ2v) is 7.46. The molecule has 4 nitrogen and oxygen atoms in total. The van der Waals surface area contributed by atoms with Crippen LogP contribution in [0.25, 0.3) is 33.6 Å². The molecule has 0 aliphatic heterocycles. The van der Waals surface area contributed by atoms with E-state index in [-0.39, 0.29) is 6.04 Å². The molecule has 152 valence electrons. The van der Waals surface area contributed by atoms with Gasteiger partial charge in [-0.1, -0.05) is 97.9 Å². The average Bonchev–Trinajstić information content (AvgIpc) is 3.25. The van der Waals surface area contributed by atoms with Crippen LogP contribution in [0.15, 0.2) is 102 Å². The lowest BCUT2D eigenvalue weighted by Crippen LogP contribution is -2.11. The van der Waals surface area contributed by atoms with Crippen molar-refractivity contribution in [1.82, 2.24) is 9.97 Å². The summed E-state index contributed by atoms with van der Waals surface area (Å²) in [6, 6.07) is 31.0. The minimum atomic E-state index is 0.137. The maximum absolute atomic E-state index is 6.31. The molecule has 0 saturated carbocycles. The molecule has 0 fully saturated rings. The molecule has 2 aromatic heterocycles. The van der Waals surface area contributed by atoms with Gasteiger partial charge in [0.1, 0.15) is 17.9 Å². The Balaban J connectivity index is 1.71. The van der Waals surface area contributed by atoms with E-state index in [1.54, 1.807) is 6.33 Å². The van der Waals surface area contributed by atoms with Crippen LogP contribution in [-0.2, 0) is 0 Å². The van der Waals surface area contributed by atoms with Crippen LogP contribution in [0.3, 0.4) is 0 Å². The van der Waals surface area contributed by atoms with Crippen LogP contribution in [0.5, 0.6) is 0 Å². The maximum atomic E-state index is 6.31. The summed E-state index contributed by atoms with van der Waals surface area (Å²) in [5.41, 5.74) is 4.90. The SMILES string of the molecule is CC[C@H](Nc1ncnc2oc(-c3ccccc3)c(-c3ccccc3)c12)c1ccccc1. The lowest BCUT2D eigenvalue weighted by molar-refractivity contribution is 0.618. The van der Waals surface area contributed by atoms with Gasteiger partial charge in [-0.2, -0.15) is 0 Å². The normalized spacial score (nSPS) is 12.0. The Labute approximate surface area is 181 Å². The van der Waals surface area contributed by atoms with Crippen molar-refractivity contribution in [2.24, 2.45) is 0 Å². The van der Waals surface area contributed by atoms with Crippen molar-refractivity contribution in [2.75, 3.05) is 5.32 Å². The summed E-state index contributed by atoms with van der Waals surface area (Å²) in [4.78, 5) is 9.09. The maximum Gasteiger partial charge on any atom is 0.232 e. The number of nitrogens with zero attached hydrogens (tertiary/aromatic N) is 2. The first-order valence-corrected chi connectivity index (χ1v) is 10.5. The molecule has 5 aromatic rings. The van der Waals surface area contributed by atoms with E-state index < -0.39 is 0 Å². The molecule has 0 amide bonds. The summed E-state index contributed by atoms with van der Waals surface area (Å²) in [5, 5.41) is 4.56. The zero-order chi connectivity index (χ0) is 21.0. The minimum Gasteiger partial charge on any atom is -0.437 e. The predicted molar refractivity (Wildman–Crippen MR) is 126 cm³/mol. The highest BCUT2D eigenvalue weighted by Crippen LogP contribution is 2.43. The summed E-state index contributed by atoms with van der Waals surface area (Å²) in [6.07, 6.45) is 2.50. The molecule has 0 radical (unpaired) electrons. The van der Waals surface area contributed by atoms with Crippen LogP contribution >= 0.6 is 0 Å². The van der Waals surface area contributed by atoms with Crippen molar-refractivity contribution in [3.8, 4) is 22.5 Å². The van der Waals surface area contributed by atoms with Crippen LogP contribution in [-0.4, -0.2) is 9.97 Å². The fourth-order valence-electron chi connectivity index (χ4n) is 3.99. The van der Waals surface area contributed by atoms with Gasteiger partial charge in [0, 0.05) is 11.1 Å². The molecule has 3 aromatic carbocycles. The first-order valence-electron chi connectivity index (χ1n) is 10.5. The van der Waals surface area contributed by atoms with Gasteiger partial charge in [-0.3, -0.25) is 0 Å². The van der Waals surface area contributed by atoms with Gasteiger partial charge in [-0.25, -0.2) is 9.97 Å². The van der Waals surface area contributed by atoms with E-state index in [2.05, 4.69) is 70.7 Å². The van der Waals surface area contributed by atoms with Gasteiger partial charge in [0.15, 0.2) is 0 Å². The molecule has 0 aliphatic rings. The lowest BCUT2D eigenvalue weighted by atomic mass is 9.99. The molecular weight excluding hydrogens is 382 g/mol. The highest BCUT2D eigenvalue weighted by molar-refractivity contribution is 6.05. The monoisotopic (exact) mass is 405 g/mol. The van der Waals surface area contributed by atoms with Crippen LogP contribution in [0.2, 0.25) is 0 Å². The van der Waals surface area contributed by atoms with E-state index in [1.807, 2.05) is 42.5 Å². The standard InChI is InChI=1S/C27H23N3O/c1-2-22(19-12-6-3-7-13-19)30-26-24-23(20-14-8-4-9-15-20)25(21-16-10-5-11-17-21)31-27(24)29-18-28-26/h3-18,22H,2H2,1H3,(H,28,29,30)/t22-/m0/s1. The Bertz CT molecular complexity index is 1280. The molecular formula is C27H23N3O. The number of benzene rings is 3. The molecule has 0 bridgehead atoms. The largest absolute Gasteiger partial charge is 0.437 e. The Kier molecular flexibility index (Phi) is 5.19. The number of nitrogens with one attached hydrogen (secondary N) is 1. The number of anilines is 1. The van der Waals surface area contributed by atoms with Gasteiger partial charge in [-0.05, 0) is 17.5 Å². The lowest BCUT2D eigenvalue weighted by Gasteiger charge is -2.18. The van der Waals surface area contributed by atoms with E-state index in [0.29, 0.717) is 5.71 Å². The third kappa shape index (κ3) is 3.68. The summed E-state index contributed by atoms with van der Waals surface area (Å²) in [6.45, 7) is 2.17.